The lowest BCUT2D eigenvalue weighted by Crippen LogP contribution is -2.44. The molecule has 0 spiro atoms. The molecule has 130 valence electrons. The molecular formula is C18H24N2O3S. The van der Waals surface area contributed by atoms with Crippen LogP contribution in [0.3, 0.4) is 0 Å². The number of hydrogen-bond acceptors (Lipinski definition) is 4. The summed E-state index contributed by atoms with van der Waals surface area (Å²) in [5.74, 6) is 1.21. The minimum atomic E-state index is -0.383. The molecule has 0 saturated carbocycles. The minimum absolute atomic E-state index is 0.0560. The molecular weight excluding hydrogens is 324 g/mol. The Kier molecular flexibility index (Phi) is 5.79. The number of nitrogens with one attached hydrogen (secondary N) is 1. The molecule has 2 fully saturated rings. The van der Waals surface area contributed by atoms with Crippen molar-refractivity contribution in [3.8, 4) is 0 Å². The molecule has 24 heavy (non-hydrogen) atoms. The van der Waals surface area contributed by atoms with Gasteiger partial charge in [-0.05, 0) is 37.8 Å². The van der Waals surface area contributed by atoms with E-state index in [-0.39, 0.29) is 24.0 Å². The molecule has 5 nitrogen and oxygen atoms in total. The molecule has 0 aliphatic carbocycles. The number of aryl methyl sites for hydroxylation is 1. The number of rotatable bonds is 5. The van der Waals surface area contributed by atoms with Gasteiger partial charge >= 0.3 is 0 Å². The van der Waals surface area contributed by atoms with Gasteiger partial charge in [0.15, 0.2) is 0 Å². The number of anilines is 1. The van der Waals surface area contributed by atoms with Crippen LogP contribution in [-0.4, -0.2) is 47.1 Å². The van der Waals surface area contributed by atoms with Crippen LogP contribution in [0.4, 0.5) is 5.69 Å². The summed E-state index contributed by atoms with van der Waals surface area (Å²) in [4.78, 5) is 26.8. The summed E-state index contributed by atoms with van der Waals surface area (Å²) in [6.45, 7) is 2.77. The van der Waals surface area contributed by atoms with E-state index in [0.29, 0.717) is 18.1 Å². The standard InChI is InChI=1S/C18H24N2O3S/c1-13-5-2-3-7-15(13)19-18(22)16-11-24-12-20(16)17(21)9-8-14-6-4-10-23-14/h2-3,5,7,14,16H,4,6,8-12H2,1H3,(H,19,22)/t14-,16+/m0/s1. The quantitative estimate of drug-likeness (QED) is 0.889. The molecule has 0 aromatic heterocycles. The van der Waals surface area contributed by atoms with E-state index >= 15 is 0 Å². The maximum absolute atomic E-state index is 12.6. The third-order valence-corrected chi connectivity index (χ3v) is 5.62. The van der Waals surface area contributed by atoms with Crippen molar-refractivity contribution in [3.05, 3.63) is 29.8 Å². The number of nitrogens with zero attached hydrogens (tertiary/aromatic N) is 1. The fraction of sp³-hybridized carbons (Fsp3) is 0.556. The molecule has 2 aliphatic heterocycles. The van der Waals surface area contributed by atoms with Crippen molar-refractivity contribution in [1.29, 1.82) is 0 Å². The lowest BCUT2D eigenvalue weighted by molar-refractivity contribution is -0.136. The van der Waals surface area contributed by atoms with Gasteiger partial charge in [0.05, 0.1) is 12.0 Å². The van der Waals surface area contributed by atoms with Crippen LogP contribution in [0.1, 0.15) is 31.2 Å². The summed E-state index contributed by atoms with van der Waals surface area (Å²) in [6, 6.07) is 7.31. The molecule has 0 bridgehead atoms. The van der Waals surface area contributed by atoms with E-state index in [2.05, 4.69) is 5.32 Å². The van der Waals surface area contributed by atoms with Crippen molar-refractivity contribution in [1.82, 2.24) is 4.90 Å². The van der Waals surface area contributed by atoms with Gasteiger partial charge in [-0.15, -0.1) is 11.8 Å². The second-order valence-corrected chi connectivity index (χ2v) is 7.36. The third-order valence-electron chi connectivity index (χ3n) is 4.61. The first kappa shape index (κ1) is 17.3. The van der Waals surface area contributed by atoms with Crippen molar-refractivity contribution < 1.29 is 14.3 Å². The lowest BCUT2D eigenvalue weighted by Gasteiger charge is -2.24. The SMILES string of the molecule is Cc1ccccc1NC(=O)[C@H]1CSCN1C(=O)CC[C@@H]1CCCO1. The van der Waals surface area contributed by atoms with E-state index in [9.17, 15) is 9.59 Å². The van der Waals surface area contributed by atoms with Crippen LogP contribution in [0.2, 0.25) is 0 Å². The molecule has 0 unspecified atom stereocenters. The van der Waals surface area contributed by atoms with E-state index < -0.39 is 0 Å². The van der Waals surface area contributed by atoms with Gasteiger partial charge in [0, 0.05) is 24.5 Å². The summed E-state index contributed by atoms with van der Waals surface area (Å²) in [5.41, 5.74) is 1.83. The molecule has 2 atom stereocenters. The average molecular weight is 348 g/mol. The predicted octanol–water partition coefficient (Wildman–Crippen LogP) is 2.79. The Morgan fingerprint density at radius 3 is 2.96 bits per heavy atom. The smallest absolute Gasteiger partial charge is 0.248 e. The van der Waals surface area contributed by atoms with Crippen molar-refractivity contribution in [3.63, 3.8) is 0 Å². The lowest BCUT2D eigenvalue weighted by atomic mass is 10.1. The van der Waals surface area contributed by atoms with Gasteiger partial charge in [0.2, 0.25) is 11.8 Å². The van der Waals surface area contributed by atoms with Crippen LogP contribution >= 0.6 is 11.8 Å². The molecule has 1 N–H and O–H groups in total. The number of para-hydroxylation sites is 1. The number of benzene rings is 1. The van der Waals surface area contributed by atoms with Gasteiger partial charge in [0.1, 0.15) is 6.04 Å². The van der Waals surface area contributed by atoms with Crippen LogP contribution in [0.5, 0.6) is 0 Å². The van der Waals surface area contributed by atoms with Gasteiger partial charge in [-0.3, -0.25) is 9.59 Å². The first-order valence-corrected chi connectivity index (χ1v) is 9.66. The van der Waals surface area contributed by atoms with Crippen molar-refractivity contribution in [2.75, 3.05) is 23.6 Å². The second kappa shape index (κ2) is 8.03. The van der Waals surface area contributed by atoms with E-state index in [1.807, 2.05) is 31.2 Å². The summed E-state index contributed by atoms with van der Waals surface area (Å²) in [6.07, 6.45) is 3.55. The Labute approximate surface area is 147 Å². The number of thioether (sulfide) groups is 1. The van der Waals surface area contributed by atoms with Crippen molar-refractivity contribution in [2.45, 2.75) is 44.8 Å². The molecule has 0 radical (unpaired) electrons. The fourth-order valence-electron chi connectivity index (χ4n) is 3.13. The molecule has 2 amide bonds. The van der Waals surface area contributed by atoms with E-state index in [1.165, 1.54) is 0 Å². The Morgan fingerprint density at radius 1 is 1.38 bits per heavy atom. The molecule has 1 aromatic rings. The number of amides is 2. The summed E-state index contributed by atoms with van der Waals surface area (Å²) in [5, 5.41) is 2.96. The average Bonchev–Trinajstić information content (AvgIpc) is 3.26. The van der Waals surface area contributed by atoms with Gasteiger partial charge in [-0.1, -0.05) is 18.2 Å². The van der Waals surface area contributed by atoms with Crippen molar-refractivity contribution in [2.24, 2.45) is 0 Å². The van der Waals surface area contributed by atoms with E-state index in [4.69, 9.17) is 4.74 Å². The topological polar surface area (TPSA) is 58.6 Å². The van der Waals surface area contributed by atoms with Crippen LogP contribution in [0, 0.1) is 6.92 Å². The Bertz CT molecular complexity index is 602. The molecule has 6 heteroatoms. The van der Waals surface area contributed by atoms with Gasteiger partial charge in [-0.2, -0.15) is 0 Å². The monoisotopic (exact) mass is 348 g/mol. The van der Waals surface area contributed by atoms with E-state index in [1.54, 1.807) is 16.7 Å². The Balaban J connectivity index is 1.56. The van der Waals surface area contributed by atoms with E-state index in [0.717, 1.165) is 37.1 Å². The normalized spacial score (nSPS) is 23.5. The van der Waals surface area contributed by atoms with Crippen LogP contribution in [0.15, 0.2) is 24.3 Å². The zero-order chi connectivity index (χ0) is 16.9. The first-order valence-electron chi connectivity index (χ1n) is 8.50. The maximum atomic E-state index is 12.6. The maximum Gasteiger partial charge on any atom is 0.248 e. The first-order chi connectivity index (χ1) is 11.6. The third kappa shape index (κ3) is 4.11. The highest BCUT2D eigenvalue weighted by Gasteiger charge is 2.34. The molecule has 3 rings (SSSR count). The van der Waals surface area contributed by atoms with Gasteiger partial charge in [0.25, 0.3) is 0 Å². The minimum Gasteiger partial charge on any atom is -0.378 e. The molecule has 2 aliphatic rings. The predicted molar refractivity (Wildman–Crippen MR) is 96.0 cm³/mol. The number of ether oxygens (including phenoxy) is 1. The zero-order valence-corrected chi connectivity index (χ0v) is 14.8. The number of carbonyl (C=O) groups is 2. The summed E-state index contributed by atoms with van der Waals surface area (Å²) in [7, 11) is 0. The number of hydrogen-bond donors (Lipinski definition) is 1. The van der Waals surface area contributed by atoms with Crippen LogP contribution in [0.25, 0.3) is 0 Å². The molecule has 1 aromatic carbocycles. The van der Waals surface area contributed by atoms with Gasteiger partial charge < -0.3 is 15.0 Å². The largest absolute Gasteiger partial charge is 0.378 e. The Morgan fingerprint density at radius 2 is 2.21 bits per heavy atom. The highest BCUT2D eigenvalue weighted by atomic mass is 32.2. The van der Waals surface area contributed by atoms with Crippen molar-refractivity contribution >= 4 is 29.3 Å². The van der Waals surface area contributed by atoms with Crippen LogP contribution < -0.4 is 5.32 Å². The summed E-state index contributed by atoms with van der Waals surface area (Å²) < 4.78 is 5.58. The zero-order valence-electron chi connectivity index (χ0n) is 14.0. The second-order valence-electron chi connectivity index (χ2n) is 6.36. The van der Waals surface area contributed by atoms with Gasteiger partial charge in [-0.25, -0.2) is 0 Å². The highest BCUT2D eigenvalue weighted by molar-refractivity contribution is 7.99. The highest BCUT2D eigenvalue weighted by Crippen LogP contribution is 2.25. The molecule has 2 heterocycles. The Hall–Kier alpha value is -1.53. The number of carbonyl (C=O) groups excluding carboxylic acids is 2. The molecule has 2 saturated heterocycles. The summed E-state index contributed by atoms with van der Waals surface area (Å²) >= 11 is 1.63. The fourth-order valence-corrected chi connectivity index (χ4v) is 4.32. The van der Waals surface area contributed by atoms with Crippen LogP contribution in [-0.2, 0) is 14.3 Å².